The summed E-state index contributed by atoms with van der Waals surface area (Å²) in [4.78, 5) is 0. The van der Waals surface area contributed by atoms with Crippen molar-refractivity contribution in [1.29, 1.82) is 0 Å². The van der Waals surface area contributed by atoms with Crippen LogP contribution in [0.4, 0.5) is 0 Å². The molecule has 0 saturated heterocycles. The average Bonchev–Trinajstić information content (AvgIpc) is 1.14. The lowest BCUT2D eigenvalue weighted by atomic mass is 11.9. The predicted octanol–water partition coefficient (Wildman–Crippen LogP) is 2.61. The van der Waals surface area contributed by atoms with Crippen LogP contribution in [-0.4, -0.2) is 33.3 Å². The predicted molar refractivity (Wildman–Crippen MR) is 46.6 cm³/mol. The van der Waals surface area contributed by atoms with Crippen molar-refractivity contribution in [3.05, 3.63) is 0 Å². The lowest BCUT2D eigenvalue weighted by Crippen LogP contribution is -1.71. The van der Waals surface area contributed by atoms with Crippen LogP contribution in [0.2, 0.25) is 0 Å². The van der Waals surface area contributed by atoms with E-state index >= 15 is 0 Å². The molecule has 0 atom stereocenters. The van der Waals surface area contributed by atoms with Crippen molar-refractivity contribution < 1.29 is 4.57 Å². The molecule has 0 spiro atoms. The van der Waals surface area contributed by atoms with E-state index in [1.165, 1.54) is 0 Å². The molecule has 0 unspecified atom stereocenters. The highest BCUT2D eigenvalue weighted by Crippen LogP contribution is 2.51. The van der Waals surface area contributed by atoms with Crippen LogP contribution in [0.25, 0.3) is 0 Å². The van der Waals surface area contributed by atoms with Crippen LogP contribution in [-0.2, 0) is 4.57 Å². The Balaban J connectivity index is 4.53. The zero-order valence-electron chi connectivity index (χ0n) is 6.75. The number of rotatable bonds is 1. The fourth-order valence-corrected chi connectivity index (χ4v) is 5.82. The minimum absolute atomic E-state index is 1.18. The second-order valence-corrected chi connectivity index (χ2v) is 10.5. The van der Waals surface area contributed by atoms with E-state index in [0.29, 0.717) is 0 Å². The fourth-order valence-electron chi connectivity index (χ4n) is 0.646. The molecule has 0 bridgehead atoms. The molecule has 56 valence electrons. The quantitative estimate of drug-likeness (QED) is 0.552. The van der Waals surface area contributed by atoms with Gasteiger partial charge in [-0.15, -0.1) is 0 Å². The molecular weight excluding hydrogens is 152 g/mol. The standard InChI is InChI=1S/C5H15NOP2/c1-8(2,3)6-9(4,5)7/h1-5H3. The molecule has 2 nitrogen and oxygen atoms in total. The zero-order chi connectivity index (χ0) is 7.71. The van der Waals surface area contributed by atoms with Gasteiger partial charge in [0, 0.05) is 13.3 Å². The molecule has 0 aromatic heterocycles. The van der Waals surface area contributed by atoms with Crippen LogP contribution in [0.3, 0.4) is 0 Å². The molecule has 0 radical (unpaired) electrons. The topological polar surface area (TPSA) is 29.4 Å². The highest BCUT2D eigenvalue weighted by atomic mass is 31.2. The summed E-state index contributed by atoms with van der Waals surface area (Å²) in [5, 5.41) is 0. The van der Waals surface area contributed by atoms with Gasteiger partial charge in [-0.2, -0.15) is 0 Å². The molecule has 0 heterocycles. The van der Waals surface area contributed by atoms with Crippen molar-refractivity contribution in [3.63, 3.8) is 0 Å². The van der Waals surface area contributed by atoms with E-state index < -0.39 is 14.3 Å². The van der Waals surface area contributed by atoms with Crippen LogP contribution in [0.15, 0.2) is 4.52 Å². The van der Waals surface area contributed by atoms with Crippen LogP contribution >= 0.6 is 14.3 Å². The van der Waals surface area contributed by atoms with Gasteiger partial charge < -0.3 is 0 Å². The molecule has 0 amide bonds. The first kappa shape index (κ1) is 9.46. The molecule has 4 heteroatoms. The van der Waals surface area contributed by atoms with Gasteiger partial charge in [0.1, 0.15) is 0 Å². The van der Waals surface area contributed by atoms with Gasteiger partial charge in [0.05, 0.1) is 0 Å². The van der Waals surface area contributed by atoms with Crippen molar-refractivity contribution in [2.45, 2.75) is 0 Å². The maximum absolute atomic E-state index is 11.1. The van der Waals surface area contributed by atoms with Crippen molar-refractivity contribution in [1.82, 2.24) is 0 Å². The lowest BCUT2D eigenvalue weighted by Gasteiger charge is -2.08. The summed E-state index contributed by atoms with van der Waals surface area (Å²) in [6.45, 7) is 9.60. The number of nitrogens with zero attached hydrogens (tertiary/aromatic N) is 1. The fraction of sp³-hybridized carbons (Fsp3) is 1.00. The molecule has 0 aliphatic heterocycles. The Morgan fingerprint density at radius 1 is 1.00 bits per heavy atom. The molecule has 0 aliphatic carbocycles. The highest BCUT2D eigenvalue weighted by molar-refractivity contribution is 7.74. The summed E-state index contributed by atoms with van der Waals surface area (Å²) in [6, 6.07) is 0. The summed E-state index contributed by atoms with van der Waals surface area (Å²) in [5.74, 6) is 0. The van der Waals surface area contributed by atoms with Gasteiger partial charge in [-0.25, -0.2) is 4.52 Å². The molecule has 0 aromatic rings. The Kier molecular flexibility index (Phi) is 2.73. The van der Waals surface area contributed by atoms with E-state index in [9.17, 15) is 4.57 Å². The Hall–Kier alpha value is 0.460. The summed E-state index contributed by atoms with van der Waals surface area (Å²) in [6.07, 6.45) is 0. The van der Waals surface area contributed by atoms with Gasteiger partial charge in [-0.1, -0.05) is 0 Å². The molecule has 0 fully saturated rings. The van der Waals surface area contributed by atoms with E-state index in [-0.39, 0.29) is 0 Å². The summed E-state index contributed by atoms with van der Waals surface area (Å²) in [7, 11) is -3.29. The molecule has 9 heavy (non-hydrogen) atoms. The van der Waals surface area contributed by atoms with Crippen LogP contribution in [0.5, 0.6) is 0 Å². The third-order valence-electron chi connectivity index (χ3n) is 0.484. The van der Waals surface area contributed by atoms with Crippen molar-refractivity contribution >= 4 is 14.3 Å². The smallest absolute Gasteiger partial charge is 0.182 e. The Morgan fingerprint density at radius 3 is 1.33 bits per heavy atom. The second-order valence-electron chi connectivity index (χ2n) is 3.33. The maximum Gasteiger partial charge on any atom is 0.182 e. The Bertz CT molecular complexity index is 177. The summed E-state index contributed by atoms with van der Waals surface area (Å²) < 4.78 is 15.3. The van der Waals surface area contributed by atoms with E-state index in [1.807, 2.05) is 0 Å². The molecular formula is C5H15NOP2. The minimum atomic E-state index is -2.11. The van der Waals surface area contributed by atoms with E-state index in [4.69, 9.17) is 0 Å². The second kappa shape index (κ2) is 2.60. The van der Waals surface area contributed by atoms with Crippen LogP contribution in [0, 0.1) is 0 Å². The van der Waals surface area contributed by atoms with Gasteiger partial charge in [0.15, 0.2) is 7.29 Å². The van der Waals surface area contributed by atoms with Gasteiger partial charge in [0.25, 0.3) is 0 Å². The molecule has 0 aliphatic rings. The first-order chi connectivity index (χ1) is 3.71. The molecule has 0 aromatic carbocycles. The number of hydrogen-bond acceptors (Lipinski definition) is 1. The minimum Gasteiger partial charge on any atom is -0.299 e. The van der Waals surface area contributed by atoms with Crippen LogP contribution < -0.4 is 0 Å². The van der Waals surface area contributed by atoms with E-state index in [1.54, 1.807) is 13.3 Å². The summed E-state index contributed by atoms with van der Waals surface area (Å²) in [5.41, 5.74) is 0. The van der Waals surface area contributed by atoms with Gasteiger partial charge in [-0.3, -0.25) is 4.57 Å². The van der Waals surface area contributed by atoms with Crippen molar-refractivity contribution in [2.75, 3.05) is 33.3 Å². The highest BCUT2D eigenvalue weighted by Gasteiger charge is 2.05. The SMILES string of the molecule is CP(C)(=O)N=P(C)(C)C. The van der Waals surface area contributed by atoms with Crippen LogP contribution in [0.1, 0.15) is 0 Å². The maximum atomic E-state index is 11.1. The Morgan fingerprint density at radius 2 is 1.33 bits per heavy atom. The number of hydrogen-bond donors (Lipinski definition) is 0. The van der Waals surface area contributed by atoms with Gasteiger partial charge in [-0.05, 0) is 27.0 Å². The molecule has 0 rings (SSSR count). The first-order valence-electron chi connectivity index (χ1n) is 2.82. The van der Waals surface area contributed by atoms with E-state index in [0.717, 1.165) is 0 Å². The van der Waals surface area contributed by atoms with Gasteiger partial charge in [0.2, 0.25) is 0 Å². The normalized spacial score (nSPS) is 13.4. The average molecular weight is 167 g/mol. The molecule has 0 saturated carbocycles. The lowest BCUT2D eigenvalue weighted by molar-refractivity contribution is 0.584. The van der Waals surface area contributed by atoms with E-state index in [2.05, 4.69) is 24.5 Å². The first-order valence-corrected chi connectivity index (χ1v) is 8.46. The molecule has 0 N–H and O–H groups in total. The largest absolute Gasteiger partial charge is 0.299 e. The van der Waals surface area contributed by atoms with Crippen molar-refractivity contribution in [2.24, 2.45) is 4.52 Å². The van der Waals surface area contributed by atoms with Gasteiger partial charge >= 0.3 is 0 Å². The Labute approximate surface area is 57.5 Å². The zero-order valence-corrected chi connectivity index (χ0v) is 8.54. The summed E-state index contributed by atoms with van der Waals surface area (Å²) >= 11 is 0. The third kappa shape index (κ3) is 8.46. The third-order valence-corrected chi connectivity index (χ3v) is 4.35. The monoisotopic (exact) mass is 167 g/mol. The van der Waals surface area contributed by atoms with Crippen molar-refractivity contribution in [3.8, 4) is 0 Å².